The summed E-state index contributed by atoms with van der Waals surface area (Å²) in [5, 5.41) is 3.71. The van der Waals surface area contributed by atoms with Crippen LogP contribution in [0.5, 0.6) is 0 Å². The van der Waals surface area contributed by atoms with Gasteiger partial charge < -0.3 is 10.1 Å². The monoisotopic (exact) mass is 289 g/mol. The molecule has 2 heteroatoms. The van der Waals surface area contributed by atoms with Crippen LogP contribution in [0.4, 0.5) is 0 Å². The fourth-order valence-electron chi connectivity index (χ4n) is 3.79. The van der Waals surface area contributed by atoms with Crippen molar-refractivity contribution >= 4 is 0 Å². The van der Waals surface area contributed by atoms with E-state index >= 15 is 0 Å². The highest BCUT2D eigenvalue weighted by molar-refractivity contribution is 5.23. The predicted molar refractivity (Wildman–Crippen MR) is 89.8 cm³/mol. The van der Waals surface area contributed by atoms with Gasteiger partial charge >= 0.3 is 0 Å². The number of methoxy groups -OCH3 is 1. The van der Waals surface area contributed by atoms with Crippen LogP contribution < -0.4 is 5.32 Å². The Bertz CT molecular complexity index is 421. The average molecular weight is 289 g/mol. The van der Waals surface area contributed by atoms with Crippen LogP contribution in [0.1, 0.15) is 56.6 Å². The Kier molecular flexibility index (Phi) is 6.25. The molecule has 2 nitrogen and oxygen atoms in total. The number of rotatable bonds is 6. The molecule has 1 aliphatic carbocycles. The van der Waals surface area contributed by atoms with Gasteiger partial charge in [-0.25, -0.2) is 0 Å². The van der Waals surface area contributed by atoms with Crippen molar-refractivity contribution in [3.8, 4) is 0 Å². The van der Waals surface area contributed by atoms with E-state index in [1.54, 1.807) is 0 Å². The molecule has 0 amide bonds. The lowest BCUT2D eigenvalue weighted by Gasteiger charge is -2.40. The number of hydrogen-bond donors (Lipinski definition) is 1. The van der Waals surface area contributed by atoms with Crippen molar-refractivity contribution in [1.82, 2.24) is 5.32 Å². The fraction of sp³-hybridized carbons (Fsp3) is 0.684. The molecule has 21 heavy (non-hydrogen) atoms. The molecule has 1 saturated carbocycles. The van der Waals surface area contributed by atoms with E-state index in [4.69, 9.17) is 4.74 Å². The number of benzene rings is 1. The molecular formula is C19H31NO. The van der Waals surface area contributed by atoms with Gasteiger partial charge in [0.15, 0.2) is 0 Å². The van der Waals surface area contributed by atoms with E-state index in [9.17, 15) is 0 Å². The van der Waals surface area contributed by atoms with Gasteiger partial charge in [-0.15, -0.1) is 0 Å². The summed E-state index contributed by atoms with van der Waals surface area (Å²) in [6, 6.07) is 9.30. The molecule has 2 rings (SSSR count). The SMILES string of the molecule is CCNC(Cc1cccc(C)c1)C1(OC)CCCCCC1. The normalized spacial score (nSPS) is 20.0. The summed E-state index contributed by atoms with van der Waals surface area (Å²) in [6.07, 6.45) is 8.74. The number of likely N-dealkylation sites (N-methyl/N-ethyl adjacent to an activating group) is 1. The molecule has 0 radical (unpaired) electrons. The van der Waals surface area contributed by atoms with Crippen LogP contribution in [0.25, 0.3) is 0 Å². The summed E-state index contributed by atoms with van der Waals surface area (Å²) in [5.74, 6) is 0. The van der Waals surface area contributed by atoms with E-state index in [2.05, 4.69) is 43.4 Å². The lowest BCUT2D eigenvalue weighted by molar-refractivity contribution is -0.0523. The molecule has 1 aromatic carbocycles. The maximum Gasteiger partial charge on any atom is 0.0834 e. The summed E-state index contributed by atoms with van der Waals surface area (Å²) in [4.78, 5) is 0. The first-order valence-electron chi connectivity index (χ1n) is 8.54. The molecule has 0 spiro atoms. The standard InChI is InChI=1S/C19H31NO/c1-4-20-18(15-17-11-9-10-16(2)14-17)19(21-3)12-7-5-6-8-13-19/h9-11,14,18,20H,4-8,12-13,15H2,1-3H3. The van der Waals surface area contributed by atoms with Crippen LogP contribution >= 0.6 is 0 Å². The van der Waals surface area contributed by atoms with Crippen molar-refractivity contribution in [3.05, 3.63) is 35.4 Å². The van der Waals surface area contributed by atoms with Crippen LogP contribution in [0.15, 0.2) is 24.3 Å². The zero-order valence-electron chi connectivity index (χ0n) is 14.0. The minimum absolute atomic E-state index is 0.0102. The van der Waals surface area contributed by atoms with E-state index in [0.717, 1.165) is 13.0 Å². The summed E-state index contributed by atoms with van der Waals surface area (Å²) in [5.41, 5.74) is 2.77. The zero-order chi connectivity index (χ0) is 15.1. The second kappa shape index (κ2) is 7.95. The molecule has 0 heterocycles. The molecule has 1 atom stereocenters. The highest BCUT2D eigenvalue weighted by Gasteiger charge is 2.38. The molecule has 1 unspecified atom stereocenters. The summed E-state index contributed by atoms with van der Waals surface area (Å²) < 4.78 is 6.11. The van der Waals surface area contributed by atoms with Gasteiger partial charge in [0.25, 0.3) is 0 Å². The Morgan fingerprint density at radius 3 is 2.48 bits per heavy atom. The molecule has 1 aliphatic rings. The van der Waals surface area contributed by atoms with Crippen molar-refractivity contribution in [1.29, 1.82) is 0 Å². The molecule has 0 aliphatic heterocycles. The van der Waals surface area contributed by atoms with E-state index in [1.807, 2.05) is 7.11 Å². The van der Waals surface area contributed by atoms with Gasteiger partial charge in [0.1, 0.15) is 0 Å². The van der Waals surface area contributed by atoms with Crippen molar-refractivity contribution in [2.75, 3.05) is 13.7 Å². The number of hydrogen-bond acceptors (Lipinski definition) is 2. The molecule has 1 aromatic rings. The molecular weight excluding hydrogens is 258 g/mol. The molecule has 1 N–H and O–H groups in total. The Balaban J connectivity index is 2.18. The van der Waals surface area contributed by atoms with Crippen molar-refractivity contribution in [3.63, 3.8) is 0 Å². The van der Waals surface area contributed by atoms with Crippen LogP contribution in [-0.2, 0) is 11.2 Å². The Morgan fingerprint density at radius 1 is 1.19 bits per heavy atom. The first kappa shape index (κ1) is 16.5. The highest BCUT2D eigenvalue weighted by Crippen LogP contribution is 2.34. The minimum atomic E-state index is 0.0102. The van der Waals surface area contributed by atoms with Crippen LogP contribution in [0.2, 0.25) is 0 Å². The third-order valence-corrected chi connectivity index (χ3v) is 4.96. The zero-order valence-corrected chi connectivity index (χ0v) is 14.0. The number of nitrogens with one attached hydrogen (secondary N) is 1. The molecule has 0 bridgehead atoms. The molecule has 1 fully saturated rings. The lowest BCUT2D eigenvalue weighted by atomic mass is 9.82. The largest absolute Gasteiger partial charge is 0.377 e. The molecule has 0 saturated heterocycles. The topological polar surface area (TPSA) is 21.3 Å². The van der Waals surface area contributed by atoms with Crippen molar-refractivity contribution in [2.45, 2.75) is 70.4 Å². The van der Waals surface area contributed by atoms with Gasteiger partial charge in [0.05, 0.1) is 5.60 Å². The third kappa shape index (κ3) is 4.31. The van der Waals surface area contributed by atoms with Gasteiger partial charge in [0, 0.05) is 13.2 Å². The van der Waals surface area contributed by atoms with E-state index in [-0.39, 0.29) is 5.60 Å². The second-order valence-corrected chi connectivity index (χ2v) is 6.49. The summed E-state index contributed by atoms with van der Waals surface area (Å²) in [6.45, 7) is 5.37. The predicted octanol–water partition coefficient (Wildman–Crippen LogP) is 4.26. The first-order chi connectivity index (χ1) is 10.2. The quantitative estimate of drug-likeness (QED) is 0.790. The van der Waals surface area contributed by atoms with Gasteiger partial charge in [-0.05, 0) is 38.3 Å². The van der Waals surface area contributed by atoms with E-state index in [1.165, 1.54) is 49.7 Å². The average Bonchev–Trinajstić information content (AvgIpc) is 2.73. The smallest absolute Gasteiger partial charge is 0.0834 e. The first-order valence-corrected chi connectivity index (χ1v) is 8.54. The van der Waals surface area contributed by atoms with E-state index in [0.29, 0.717) is 6.04 Å². The Labute approximate surface area is 130 Å². The van der Waals surface area contributed by atoms with Crippen molar-refractivity contribution < 1.29 is 4.74 Å². The van der Waals surface area contributed by atoms with Gasteiger partial charge in [-0.1, -0.05) is 62.4 Å². The Hall–Kier alpha value is -0.860. The van der Waals surface area contributed by atoms with Gasteiger partial charge in [0.2, 0.25) is 0 Å². The summed E-state index contributed by atoms with van der Waals surface area (Å²) in [7, 11) is 1.91. The minimum Gasteiger partial charge on any atom is -0.377 e. The maximum atomic E-state index is 6.11. The third-order valence-electron chi connectivity index (χ3n) is 4.96. The summed E-state index contributed by atoms with van der Waals surface area (Å²) >= 11 is 0. The van der Waals surface area contributed by atoms with Gasteiger partial charge in [-0.2, -0.15) is 0 Å². The lowest BCUT2D eigenvalue weighted by Crippen LogP contribution is -2.53. The second-order valence-electron chi connectivity index (χ2n) is 6.49. The van der Waals surface area contributed by atoms with Crippen LogP contribution in [0.3, 0.4) is 0 Å². The number of ether oxygens (including phenoxy) is 1. The van der Waals surface area contributed by atoms with Crippen LogP contribution in [-0.4, -0.2) is 25.3 Å². The highest BCUT2D eigenvalue weighted by atomic mass is 16.5. The Morgan fingerprint density at radius 2 is 1.90 bits per heavy atom. The van der Waals surface area contributed by atoms with Crippen LogP contribution in [0, 0.1) is 6.92 Å². The maximum absolute atomic E-state index is 6.11. The van der Waals surface area contributed by atoms with Crippen molar-refractivity contribution in [2.24, 2.45) is 0 Å². The van der Waals surface area contributed by atoms with Gasteiger partial charge in [-0.3, -0.25) is 0 Å². The fourth-order valence-corrected chi connectivity index (χ4v) is 3.79. The van der Waals surface area contributed by atoms with E-state index < -0.39 is 0 Å². The molecule has 0 aromatic heterocycles. The molecule has 118 valence electrons. The number of aryl methyl sites for hydroxylation is 1.